The van der Waals surface area contributed by atoms with Gasteiger partial charge in [-0.15, -0.1) is 0 Å². The molecule has 4 aromatic rings. The van der Waals surface area contributed by atoms with E-state index in [1.807, 2.05) is 24.3 Å². The molecule has 4 rings (SSSR count). The number of para-hydroxylation sites is 1. The molecule has 26 heavy (non-hydrogen) atoms. The molecule has 0 saturated heterocycles. The molecule has 2 aromatic heterocycles. The largest absolute Gasteiger partial charge is 0.461 e. The minimum absolute atomic E-state index is 0.253. The standard InChI is InChI=1S/C21H17FN2O2/c1-2-26-21(25)18-11-17-16-5-3-4-6-19(16)24(20(17)12-23-18)13-14-7-9-15(22)10-8-14/h3-12H,2,13H2,1H3. The molecule has 0 radical (unpaired) electrons. The summed E-state index contributed by atoms with van der Waals surface area (Å²) >= 11 is 0. The second kappa shape index (κ2) is 6.59. The molecule has 0 fully saturated rings. The van der Waals surface area contributed by atoms with Gasteiger partial charge in [0.25, 0.3) is 0 Å². The third-order valence-electron chi connectivity index (χ3n) is 4.40. The van der Waals surface area contributed by atoms with Crippen LogP contribution in [0.15, 0.2) is 60.8 Å². The molecule has 0 bridgehead atoms. The lowest BCUT2D eigenvalue weighted by atomic mass is 10.1. The molecule has 0 aliphatic carbocycles. The van der Waals surface area contributed by atoms with Crippen LogP contribution in [0.4, 0.5) is 4.39 Å². The highest BCUT2D eigenvalue weighted by Crippen LogP contribution is 2.29. The van der Waals surface area contributed by atoms with Gasteiger partial charge >= 0.3 is 5.97 Å². The Hall–Kier alpha value is -3.21. The zero-order valence-corrected chi connectivity index (χ0v) is 14.3. The van der Waals surface area contributed by atoms with E-state index in [1.165, 1.54) is 12.1 Å². The maximum absolute atomic E-state index is 13.2. The fourth-order valence-electron chi connectivity index (χ4n) is 3.20. The number of nitrogens with zero attached hydrogens (tertiary/aromatic N) is 2. The Bertz CT molecular complexity index is 1100. The van der Waals surface area contributed by atoms with Crippen LogP contribution in [0.5, 0.6) is 0 Å². The highest BCUT2D eigenvalue weighted by Gasteiger charge is 2.15. The lowest BCUT2D eigenvalue weighted by molar-refractivity contribution is 0.0519. The highest BCUT2D eigenvalue weighted by atomic mass is 19.1. The molecule has 2 aromatic carbocycles. The number of fused-ring (bicyclic) bond motifs is 3. The van der Waals surface area contributed by atoms with Crippen molar-refractivity contribution in [2.45, 2.75) is 13.5 Å². The third kappa shape index (κ3) is 2.81. The zero-order chi connectivity index (χ0) is 18.1. The third-order valence-corrected chi connectivity index (χ3v) is 4.40. The van der Waals surface area contributed by atoms with E-state index >= 15 is 0 Å². The van der Waals surface area contributed by atoms with Crippen LogP contribution in [0.3, 0.4) is 0 Å². The Labute approximate surface area is 149 Å². The van der Waals surface area contributed by atoms with Crippen molar-refractivity contribution in [3.63, 3.8) is 0 Å². The van der Waals surface area contributed by atoms with Crippen LogP contribution in [-0.4, -0.2) is 22.1 Å². The minimum atomic E-state index is -0.426. The lowest BCUT2D eigenvalue weighted by Crippen LogP contribution is -2.07. The van der Waals surface area contributed by atoms with Gasteiger partial charge in [-0.3, -0.25) is 0 Å². The predicted molar refractivity (Wildman–Crippen MR) is 98.7 cm³/mol. The molecular weight excluding hydrogens is 331 g/mol. The zero-order valence-electron chi connectivity index (χ0n) is 14.3. The Morgan fingerprint density at radius 2 is 1.85 bits per heavy atom. The number of hydrogen-bond donors (Lipinski definition) is 0. The molecule has 0 aliphatic heterocycles. The number of esters is 1. The number of benzene rings is 2. The minimum Gasteiger partial charge on any atom is -0.461 e. The Morgan fingerprint density at radius 1 is 1.08 bits per heavy atom. The number of ether oxygens (including phenoxy) is 1. The van der Waals surface area contributed by atoms with E-state index in [0.717, 1.165) is 27.4 Å². The fraction of sp³-hybridized carbons (Fsp3) is 0.143. The topological polar surface area (TPSA) is 44.1 Å². The highest BCUT2D eigenvalue weighted by molar-refractivity contribution is 6.09. The quantitative estimate of drug-likeness (QED) is 0.508. The molecule has 0 aliphatic rings. The van der Waals surface area contributed by atoms with Gasteiger partial charge in [0.05, 0.1) is 18.3 Å². The molecule has 130 valence electrons. The SMILES string of the molecule is CCOC(=O)c1cc2c3ccccc3n(Cc3ccc(F)cc3)c2cn1. The molecule has 0 spiro atoms. The summed E-state index contributed by atoms with van der Waals surface area (Å²) in [5, 5.41) is 1.98. The number of hydrogen-bond acceptors (Lipinski definition) is 3. The second-order valence-electron chi connectivity index (χ2n) is 6.04. The van der Waals surface area contributed by atoms with E-state index in [4.69, 9.17) is 4.74 Å². The number of carbonyl (C=O) groups is 1. The molecule has 0 unspecified atom stereocenters. The molecule has 4 nitrogen and oxygen atoms in total. The van der Waals surface area contributed by atoms with Crippen LogP contribution in [0.2, 0.25) is 0 Å². The number of pyridine rings is 1. The lowest BCUT2D eigenvalue weighted by Gasteiger charge is -2.08. The summed E-state index contributed by atoms with van der Waals surface area (Å²) < 4.78 is 20.4. The van der Waals surface area contributed by atoms with Crippen molar-refractivity contribution in [1.29, 1.82) is 0 Å². The summed E-state index contributed by atoms with van der Waals surface area (Å²) in [6.07, 6.45) is 1.70. The van der Waals surface area contributed by atoms with Crippen molar-refractivity contribution >= 4 is 27.8 Å². The van der Waals surface area contributed by atoms with Gasteiger partial charge in [0.1, 0.15) is 11.5 Å². The van der Waals surface area contributed by atoms with E-state index in [9.17, 15) is 9.18 Å². The summed E-state index contributed by atoms with van der Waals surface area (Å²) in [5.74, 6) is -0.679. The van der Waals surface area contributed by atoms with Crippen LogP contribution in [0, 0.1) is 5.82 Å². The van der Waals surface area contributed by atoms with Gasteiger partial charge in [-0.2, -0.15) is 0 Å². The van der Waals surface area contributed by atoms with Gasteiger partial charge in [-0.1, -0.05) is 30.3 Å². The smallest absolute Gasteiger partial charge is 0.356 e. The number of halogens is 1. The molecule has 0 saturated carbocycles. The molecule has 5 heteroatoms. The van der Waals surface area contributed by atoms with Crippen LogP contribution >= 0.6 is 0 Å². The Balaban J connectivity index is 1.88. The van der Waals surface area contributed by atoms with Gasteiger partial charge in [0.2, 0.25) is 0 Å². The number of carbonyl (C=O) groups excluding carboxylic acids is 1. The maximum atomic E-state index is 13.2. The summed E-state index contributed by atoms with van der Waals surface area (Å²) in [6.45, 7) is 2.67. The summed E-state index contributed by atoms with van der Waals surface area (Å²) in [7, 11) is 0. The Morgan fingerprint density at radius 3 is 2.62 bits per heavy atom. The van der Waals surface area contributed by atoms with Gasteiger partial charge in [-0.25, -0.2) is 14.2 Å². The van der Waals surface area contributed by atoms with Crippen molar-refractivity contribution in [3.8, 4) is 0 Å². The van der Waals surface area contributed by atoms with Crippen LogP contribution in [0.1, 0.15) is 23.0 Å². The monoisotopic (exact) mass is 348 g/mol. The average Bonchev–Trinajstić information content (AvgIpc) is 2.97. The van der Waals surface area contributed by atoms with Crippen molar-refractivity contribution in [2.75, 3.05) is 6.61 Å². The maximum Gasteiger partial charge on any atom is 0.356 e. The molecular formula is C21H17FN2O2. The van der Waals surface area contributed by atoms with Crippen molar-refractivity contribution in [3.05, 3.63) is 77.9 Å². The summed E-state index contributed by atoms with van der Waals surface area (Å²) in [5.41, 5.74) is 3.24. The van der Waals surface area contributed by atoms with E-state index in [-0.39, 0.29) is 5.82 Å². The van der Waals surface area contributed by atoms with Gasteiger partial charge in [-0.05, 0) is 36.8 Å². The van der Waals surface area contributed by atoms with Crippen LogP contribution in [0.25, 0.3) is 21.8 Å². The molecule has 0 atom stereocenters. The number of aromatic nitrogens is 2. The van der Waals surface area contributed by atoms with Crippen molar-refractivity contribution in [1.82, 2.24) is 9.55 Å². The van der Waals surface area contributed by atoms with Crippen LogP contribution < -0.4 is 0 Å². The molecule has 2 heterocycles. The van der Waals surface area contributed by atoms with Gasteiger partial charge < -0.3 is 9.30 Å². The van der Waals surface area contributed by atoms with Crippen LogP contribution in [-0.2, 0) is 11.3 Å². The number of rotatable bonds is 4. The average molecular weight is 348 g/mol. The fourth-order valence-corrected chi connectivity index (χ4v) is 3.20. The molecule has 0 N–H and O–H groups in total. The van der Waals surface area contributed by atoms with E-state index in [2.05, 4.69) is 9.55 Å². The first-order chi connectivity index (χ1) is 12.7. The first-order valence-corrected chi connectivity index (χ1v) is 8.46. The second-order valence-corrected chi connectivity index (χ2v) is 6.04. The summed E-state index contributed by atoms with van der Waals surface area (Å²) in [4.78, 5) is 16.3. The van der Waals surface area contributed by atoms with E-state index < -0.39 is 5.97 Å². The summed E-state index contributed by atoms with van der Waals surface area (Å²) in [6, 6.07) is 16.2. The van der Waals surface area contributed by atoms with Crippen molar-refractivity contribution in [2.24, 2.45) is 0 Å². The van der Waals surface area contributed by atoms with E-state index in [0.29, 0.717) is 18.8 Å². The predicted octanol–water partition coefficient (Wildman–Crippen LogP) is 4.55. The van der Waals surface area contributed by atoms with Gasteiger partial charge in [0, 0.05) is 22.8 Å². The van der Waals surface area contributed by atoms with Crippen molar-refractivity contribution < 1.29 is 13.9 Å². The molecule has 0 amide bonds. The Kier molecular flexibility index (Phi) is 4.13. The first kappa shape index (κ1) is 16.3. The van der Waals surface area contributed by atoms with E-state index in [1.54, 1.807) is 31.3 Å². The normalized spacial score (nSPS) is 11.2. The first-order valence-electron chi connectivity index (χ1n) is 8.46. The van der Waals surface area contributed by atoms with Gasteiger partial charge in [0.15, 0.2) is 0 Å².